The fourth-order valence-electron chi connectivity index (χ4n) is 0. The van der Waals surface area contributed by atoms with Crippen LogP contribution in [0, 0.1) is 15.3 Å². The molecule has 0 aliphatic heterocycles. The van der Waals surface area contributed by atoms with Crippen LogP contribution in [-0.2, 0) is 32.8 Å². The van der Waals surface area contributed by atoms with Crippen LogP contribution in [0.5, 0.6) is 0 Å². The SMILES string of the molecule is O=S(=O)([O-])[O-].O=[N+]([O-])[O-].[Ag+].[Ca+2]. The Morgan fingerprint density at radius 2 is 1.09 bits per heavy atom. The van der Waals surface area contributed by atoms with Gasteiger partial charge in [-0.25, -0.2) is 0 Å². The van der Waals surface area contributed by atoms with E-state index in [1.54, 1.807) is 0 Å². The van der Waals surface area contributed by atoms with Gasteiger partial charge < -0.3 is 24.4 Å². The first kappa shape index (κ1) is 22.7. The monoisotopic (exact) mass is 305 g/mol. The van der Waals surface area contributed by atoms with Gasteiger partial charge in [0.2, 0.25) is 0 Å². The van der Waals surface area contributed by atoms with Crippen molar-refractivity contribution in [2.45, 2.75) is 0 Å². The molecule has 0 atom stereocenters. The van der Waals surface area contributed by atoms with Crippen molar-refractivity contribution in [2.75, 3.05) is 0 Å². The molecule has 0 spiro atoms. The average molecular weight is 306 g/mol. The van der Waals surface area contributed by atoms with Crippen LogP contribution >= 0.6 is 0 Å². The number of hydrogen-bond acceptors (Lipinski definition) is 7. The Labute approximate surface area is 107 Å². The van der Waals surface area contributed by atoms with E-state index in [1.165, 1.54) is 0 Å². The summed E-state index contributed by atoms with van der Waals surface area (Å²) in [6.45, 7) is 0. The molecule has 0 aromatic heterocycles. The van der Waals surface area contributed by atoms with Crippen molar-refractivity contribution in [1.29, 1.82) is 0 Å². The van der Waals surface area contributed by atoms with Gasteiger partial charge in [0.25, 0.3) is 0 Å². The summed E-state index contributed by atoms with van der Waals surface area (Å²) in [5.74, 6) is 0. The second-order valence-corrected chi connectivity index (χ2v) is 1.45. The molecule has 0 aliphatic carbocycles. The molecule has 0 aromatic carbocycles. The first-order valence-electron chi connectivity index (χ1n) is 1.21. The second kappa shape index (κ2) is 11.1. The van der Waals surface area contributed by atoms with Crippen LogP contribution in [0.25, 0.3) is 0 Å². The molecule has 0 radical (unpaired) electrons. The average Bonchev–Trinajstić information content (AvgIpc) is 1.19. The van der Waals surface area contributed by atoms with Gasteiger partial charge >= 0.3 is 60.1 Å². The van der Waals surface area contributed by atoms with Crippen LogP contribution in [0.4, 0.5) is 0 Å². The van der Waals surface area contributed by atoms with Crippen LogP contribution in [0.15, 0.2) is 0 Å². The molecule has 0 saturated carbocycles. The maximum Gasteiger partial charge on any atom is 2.00 e. The summed E-state index contributed by atoms with van der Waals surface area (Å²) in [6, 6.07) is 0. The first-order valence-corrected chi connectivity index (χ1v) is 2.55. The molecule has 0 heterocycles. The summed E-state index contributed by atoms with van der Waals surface area (Å²) < 4.78 is 34.1. The molecule has 8 nitrogen and oxygen atoms in total. The van der Waals surface area contributed by atoms with E-state index < -0.39 is 15.5 Å². The van der Waals surface area contributed by atoms with Crippen molar-refractivity contribution in [3.63, 3.8) is 0 Å². The zero-order valence-electron chi connectivity index (χ0n) is 4.72. The minimum Gasteiger partial charge on any atom is -0.759 e. The smallest absolute Gasteiger partial charge is 0.759 e. The predicted molar refractivity (Wildman–Crippen MR) is 26.6 cm³/mol. The van der Waals surface area contributed by atoms with Crippen LogP contribution in [-0.4, -0.2) is 60.3 Å². The number of nitrogens with zero attached hydrogens (tertiary/aromatic N) is 1. The van der Waals surface area contributed by atoms with E-state index >= 15 is 0 Å². The zero-order chi connectivity index (χ0) is 8.08. The van der Waals surface area contributed by atoms with Gasteiger partial charge in [-0.2, -0.15) is 0 Å². The Hall–Kier alpha value is 1.07. The summed E-state index contributed by atoms with van der Waals surface area (Å²) in [4.78, 5) is 8.25. The van der Waals surface area contributed by atoms with Gasteiger partial charge in [-0.15, -0.1) is 0 Å². The molecule has 0 aromatic rings. The Kier molecular flexibility index (Phi) is 22.9. The fourth-order valence-corrected chi connectivity index (χ4v) is 0. The summed E-state index contributed by atoms with van der Waals surface area (Å²) in [6.07, 6.45) is 0. The van der Waals surface area contributed by atoms with Crippen LogP contribution in [0.2, 0.25) is 0 Å². The molecule has 0 rings (SSSR count). The normalized spacial score (nSPS) is 7.45. The molecule has 0 amide bonds. The zero-order valence-corrected chi connectivity index (χ0v) is 9.23. The predicted octanol–water partition coefficient (Wildman–Crippen LogP) is -1.96. The number of hydrogen-bond donors (Lipinski definition) is 0. The van der Waals surface area contributed by atoms with Crippen molar-refractivity contribution in [1.82, 2.24) is 0 Å². The van der Waals surface area contributed by atoms with E-state index in [4.69, 9.17) is 32.8 Å². The third kappa shape index (κ3) is 795. The number of rotatable bonds is 0. The van der Waals surface area contributed by atoms with E-state index in [-0.39, 0.29) is 60.1 Å². The van der Waals surface area contributed by atoms with Gasteiger partial charge in [0, 0.05) is 10.4 Å². The molecule has 0 aliphatic rings. The van der Waals surface area contributed by atoms with Gasteiger partial charge in [-0.1, -0.05) is 0 Å². The largest absolute Gasteiger partial charge is 2.00 e. The Balaban J connectivity index is -0.0000000383. The second-order valence-electron chi connectivity index (χ2n) is 0.632. The Bertz CT molecular complexity index is 161. The van der Waals surface area contributed by atoms with Crippen molar-refractivity contribution in [3.8, 4) is 0 Å². The maximum absolute atomic E-state index is 8.52. The fraction of sp³-hybridized carbons (Fsp3) is 0. The molecular formula is AgCaNO7S. The quantitative estimate of drug-likeness (QED) is 0.166. The molecule has 11 heavy (non-hydrogen) atoms. The molecule has 0 saturated heterocycles. The van der Waals surface area contributed by atoms with E-state index in [1.807, 2.05) is 0 Å². The maximum atomic E-state index is 8.52. The summed E-state index contributed by atoms with van der Waals surface area (Å²) in [5.41, 5.74) is 0. The van der Waals surface area contributed by atoms with Crippen molar-refractivity contribution < 1.29 is 45.0 Å². The molecule has 0 fully saturated rings. The van der Waals surface area contributed by atoms with E-state index in [9.17, 15) is 0 Å². The molecule has 11 heteroatoms. The summed E-state index contributed by atoms with van der Waals surface area (Å²) in [5, 5.41) is 14.8. The molecule has 0 unspecified atom stereocenters. The van der Waals surface area contributed by atoms with E-state index in [0.29, 0.717) is 0 Å². The summed E-state index contributed by atoms with van der Waals surface area (Å²) >= 11 is 0. The minimum absolute atomic E-state index is 0. The van der Waals surface area contributed by atoms with Crippen LogP contribution in [0.3, 0.4) is 0 Å². The summed E-state index contributed by atoms with van der Waals surface area (Å²) in [7, 11) is -5.17. The van der Waals surface area contributed by atoms with E-state index in [2.05, 4.69) is 0 Å². The van der Waals surface area contributed by atoms with Crippen molar-refractivity contribution in [2.24, 2.45) is 0 Å². The molecule has 0 bridgehead atoms. The molecule has 66 valence electrons. The van der Waals surface area contributed by atoms with Crippen molar-refractivity contribution in [3.05, 3.63) is 15.3 Å². The van der Waals surface area contributed by atoms with Crippen LogP contribution < -0.4 is 0 Å². The minimum atomic E-state index is -5.17. The van der Waals surface area contributed by atoms with Gasteiger partial charge in [0.1, 0.15) is 0 Å². The first-order chi connectivity index (χ1) is 3.73. The van der Waals surface area contributed by atoms with E-state index in [0.717, 1.165) is 0 Å². The van der Waals surface area contributed by atoms with Gasteiger partial charge in [-0.3, -0.25) is 8.42 Å². The van der Waals surface area contributed by atoms with Gasteiger partial charge in [-0.05, 0) is 0 Å². The topological polar surface area (TPSA) is 146 Å². The third-order valence-electron chi connectivity index (χ3n) is 0. The molecule has 0 N–H and O–H groups in total. The van der Waals surface area contributed by atoms with Crippen molar-refractivity contribution >= 4 is 48.1 Å². The van der Waals surface area contributed by atoms with Gasteiger partial charge in [0.15, 0.2) is 0 Å². The Morgan fingerprint density at radius 3 is 1.09 bits per heavy atom. The standard InChI is InChI=1S/Ag.Ca.NO3.H2O4S/c;;2-1(3)4;1-5(2,3)4/h;;;(H2,1,2,3,4)/q+1;+2;-1;/p-2. The third-order valence-corrected chi connectivity index (χ3v) is 0. The molecular weight excluding hydrogens is 306 g/mol. The van der Waals surface area contributed by atoms with Crippen LogP contribution in [0.1, 0.15) is 0 Å². The Morgan fingerprint density at radius 1 is 1.09 bits per heavy atom. The van der Waals surface area contributed by atoms with Gasteiger partial charge in [0.05, 0.1) is 5.09 Å².